The summed E-state index contributed by atoms with van der Waals surface area (Å²) in [6, 6.07) is 14.7. The summed E-state index contributed by atoms with van der Waals surface area (Å²) in [5, 5.41) is 3.45. The maximum Gasteiger partial charge on any atom is 0.255 e. The summed E-state index contributed by atoms with van der Waals surface area (Å²) in [5.74, 6) is 0.688. The summed E-state index contributed by atoms with van der Waals surface area (Å²) in [4.78, 5) is 26.8. The smallest absolute Gasteiger partial charge is 0.255 e. The zero-order valence-electron chi connectivity index (χ0n) is 15.3. The van der Waals surface area contributed by atoms with E-state index in [0.29, 0.717) is 43.1 Å². The maximum atomic E-state index is 12.6. The van der Waals surface area contributed by atoms with Crippen molar-refractivity contribution in [1.82, 2.24) is 10.2 Å². The van der Waals surface area contributed by atoms with E-state index in [0.717, 1.165) is 11.3 Å². The van der Waals surface area contributed by atoms with E-state index < -0.39 is 0 Å². The third kappa shape index (κ3) is 4.80. The number of benzene rings is 2. The highest BCUT2D eigenvalue weighted by Crippen LogP contribution is 2.22. The van der Waals surface area contributed by atoms with Crippen LogP contribution in [0.15, 0.2) is 48.5 Å². The molecule has 0 aromatic heterocycles. The molecule has 0 bridgehead atoms. The Morgan fingerprint density at radius 1 is 1.11 bits per heavy atom. The van der Waals surface area contributed by atoms with Crippen LogP contribution in [0.1, 0.15) is 28.8 Å². The van der Waals surface area contributed by atoms with E-state index in [-0.39, 0.29) is 17.7 Å². The van der Waals surface area contributed by atoms with Gasteiger partial charge in [-0.05, 0) is 42.7 Å². The number of halogens is 1. The molecule has 0 aliphatic carbocycles. The van der Waals surface area contributed by atoms with Crippen molar-refractivity contribution in [2.75, 3.05) is 20.2 Å². The molecule has 142 valence electrons. The molecule has 0 radical (unpaired) electrons. The second kappa shape index (κ2) is 8.91. The minimum absolute atomic E-state index is 0.0376. The zero-order chi connectivity index (χ0) is 19.2. The molecule has 1 aliphatic heterocycles. The van der Waals surface area contributed by atoms with Gasteiger partial charge in [-0.3, -0.25) is 9.59 Å². The fourth-order valence-electron chi connectivity index (χ4n) is 3.23. The van der Waals surface area contributed by atoms with Crippen molar-refractivity contribution in [3.8, 4) is 5.75 Å². The van der Waals surface area contributed by atoms with Gasteiger partial charge in [-0.2, -0.15) is 0 Å². The molecular formula is C21H23ClN2O3. The number of likely N-dealkylation sites (tertiary alicyclic amines) is 1. The monoisotopic (exact) mass is 386 g/mol. The zero-order valence-corrected chi connectivity index (χ0v) is 16.0. The SMILES string of the molecule is COc1ccc(CNC(=O)C2CCN(C(=O)c3ccccc3Cl)CC2)cc1. The number of hydrogen-bond acceptors (Lipinski definition) is 3. The molecule has 1 saturated heterocycles. The Hall–Kier alpha value is -2.53. The fourth-order valence-corrected chi connectivity index (χ4v) is 3.44. The van der Waals surface area contributed by atoms with Crippen LogP contribution in [0.25, 0.3) is 0 Å². The molecule has 5 nitrogen and oxygen atoms in total. The van der Waals surface area contributed by atoms with Crippen LogP contribution < -0.4 is 10.1 Å². The van der Waals surface area contributed by atoms with Crippen molar-refractivity contribution in [3.05, 3.63) is 64.7 Å². The Labute approximate surface area is 164 Å². The second-order valence-electron chi connectivity index (χ2n) is 6.61. The lowest BCUT2D eigenvalue weighted by Gasteiger charge is -2.31. The number of methoxy groups -OCH3 is 1. The molecule has 0 atom stereocenters. The molecule has 1 aliphatic rings. The molecule has 0 unspecified atom stereocenters. The predicted octanol–water partition coefficient (Wildman–Crippen LogP) is 3.52. The normalized spacial score (nSPS) is 14.7. The van der Waals surface area contributed by atoms with E-state index in [2.05, 4.69) is 5.32 Å². The van der Waals surface area contributed by atoms with Crippen molar-refractivity contribution in [1.29, 1.82) is 0 Å². The van der Waals surface area contributed by atoms with Gasteiger partial charge >= 0.3 is 0 Å². The van der Waals surface area contributed by atoms with Gasteiger partial charge in [0.05, 0.1) is 17.7 Å². The number of hydrogen-bond donors (Lipinski definition) is 1. The van der Waals surface area contributed by atoms with Gasteiger partial charge in [0.2, 0.25) is 5.91 Å². The quantitative estimate of drug-likeness (QED) is 0.855. The Bertz CT molecular complexity index is 799. The van der Waals surface area contributed by atoms with E-state index in [9.17, 15) is 9.59 Å². The third-order valence-electron chi connectivity index (χ3n) is 4.88. The number of nitrogens with zero attached hydrogens (tertiary/aromatic N) is 1. The molecule has 2 amide bonds. The summed E-state index contributed by atoms with van der Waals surface area (Å²) in [6.45, 7) is 1.61. The molecule has 6 heteroatoms. The van der Waals surface area contributed by atoms with Gasteiger partial charge in [0, 0.05) is 25.6 Å². The van der Waals surface area contributed by atoms with E-state index >= 15 is 0 Å². The second-order valence-corrected chi connectivity index (χ2v) is 7.02. The van der Waals surface area contributed by atoms with Crippen molar-refractivity contribution in [2.45, 2.75) is 19.4 Å². The summed E-state index contributed by atoms with van der Waals surface area (Å²) in [7, 11) is 1.62. The van der Waals surface area contributed by atoms with Crippen LogP contribution in [-0.2, 0) is 11.3 Å². The molecule has 3 rings (SSSR count). The summed E-state index contributed by atoms with van der Waals surface area (Å²) in [5.41, 5.74) is 1.54. The molecule has 1 N–H and O–H groups in total. The largest absolute Gasteiger partial charge is 0.497 e. The molecule has 1 fully saturated rings. The number of ether oxygens (including phenoxy) is 1. The van der Waals surface area contributed by atoms with Gasteiger partial charge in [0.25, 0.3) is 5.91 Å². The first-order valence-corrected chi connectivity index (χ1v) is 9.40. The molecule has 27 heavy (non-hydrogen) atoms. The lowest BCUT2D eigenvalue weighted by Crippen LogP contribution is -2.43. The molecule has 0 saturated carbocycles. The average molecular weight is 387 g/mol. The lowest BCUT2D eigenvalue weighted by atomic mass is 9.95. The molecule has 2 aromatic rings. The van der Waals surface area contributed by atoms with E-state index in [1.54, 1.807) is 36.3 Å². The highest BCUT2D eigenvalue weighted by Gasteiger charge is 2.28. The van der Waals surface area contributed by atoms with Gasteiger partial charge in [-0.1, -0.05) is 35.9 Å². The number of carbonyl (C=O) groups is 2. The summed E-state index contributed by atoms with van der Waals surface area (Å²) < 4.78 is 5.13. The number of rotatable bonds is 5. The van der Waals surface area contributed by atoms with E-state index in [1.165, 1.54) is 0 Å². The molecular weight excluding hydrogens is 364 g/mol. The maximum absolute atomic E-state index is 12.6. The van der Waals surface area contributed by atoms with E-state index in [1.807, 2.05) is 24.3 Å². The molecule has 1 heterocycles. The van der Waals surface area contributed by atoms with Crippen LogP contribution in [0.3, 0.4) is 0 Å². The van der Waals surface area contributed by atoms with Crippen molar-refractivity contribution in [3.63, 3.8) is 0 Å². The van der Waals surface area contributed by atoms with Crippen LogP contribution in [-0.4, -0.2) is 36.9 Å². The van der Waals surface area contributed by atoms with Gasteiger partial charge in [0.1, 0.15) is 5.75 Å². The lowest BCUT2D eigenvalue weighted by molar-refractivity contribution is -0.126. The first-order valence-electron chi connectivity index (χ1n) is 9.03. The first-order chi connectivity index (χ1) is 13.1. The molecule has 2 aromatic carbocycles. The highest BCUT2D eigenvalue weighted by molar-refractivity contribution is 6.33. The van der Waals surface area contributed by atoms with Crippen LogP contribution in [0, 0.1) is 5.92 Å². The highest BCUT2D eigenvalue weighted by atomic mass is 35.5. The number of piperidine rings is 1. The Balaban J connectivity index is 1.48. The third-order valence-corrected chi connectivity index (χ3v) is 5.21. The van der Waals surface area contributed by atoms with E-state index in [4.69, 9.17) is 16.3 Å². The summed E-state index contributed by atoms with van der Waals surface area (Å²) in [6.07, 6.45) is 1.31. The summed E-state index contributed by atoms with van der Waals surface area (Å²) >= 11 is 6.12. The number of amides is 2. The van der Waals surface area contributed by atoms with Crippen LogP contribution in [0.4, 0.5) is 0 Å². The standard InChI is InChI=1S/C21H23ClN2O3/c1-27-17-8-6-15(7-9-17)14-23-20(25)16-10-12-24(13-11-16)21(26)18-4-2-3-5-19(18)22/h2-9,16H,10-14H2,1H3,(H,23,25). The fraction of sp³-hybridized carbons (Fsp3) is 0.333. The van der Waals surface area contributed by atoms with Crippen LogP contribution in [0.5, 0.6) is 5.75 Å². The van der Waals surface area contributed by atoms with Crippen LogP contribution >= 0.6 is 11.6 Å². The Kier molecular flexibility index (Phi) is 6.35. The van der Waals surface area contributed by atoms with Gasteiger partial charge in [0.15, 0.2) is 0 Å². The topological polar surface area (TPSA) is 58.6 Å². The molecule has 0 spiro atoms. The van der Waals surface area contributed by atoms with Crippen LogP contribution in [0.2, 0.25) is 5.02 Å². The van der Waals surface area contributed by atoms with Gasteiger partial charge < -0.3 is 15.0 Å². The van der Waals surface area contributed by atoms with Gasteiger partial charge in [-0.15, -0.1) is 0 Å². The number of carbonyl (C=O) groups excluding carboxylic acids is 2. The first kappa shape index (κ1) is 19.2. The van der Waals surface area contributed by atoms with Crippen molar-refractivity contribution in [2.24, 2.45) is 5.92 Å². The minimum atomic E-state index is -0.0716. The Morgan fingerprint density at radius 3 is 2.41 bits per heavy atom. The van der Waals surface area contributed by atoms with Gasteiger partial charge in [-0.25, -0.2) is 0 Å². The minimum Gasteiger partial charge on any atom is -0.497 e. The van der Waals surface area contributed by atoms with Crippen molar-refractivity contribution >= 4 is 23.4 Å². The number of nitrogens with one attached hydrogen (secondary N) is 1. The van der Waals surface area contributed by atoms with Crippen molar-refractivity contribution < 1.29 is 14.3 Å². The average Bonchev–Trinajstić information content (AvgIpc) is 2.72. The predicted molar refractivity (Wildman–Crippen MR) is 105 cm³/mol. The Morgan fingerprint density at radius 2 is 1.78 bits per heavy atom.